The van der Waals surface area contributed by atoms with E-state index in [0.29, 0.717) is 24.4 Å². The molecule has 92 valence electrons. The summed E-state index contributed by atoms with van der Waals surface area (Å²) in [6.07, 6.45) is -4.74. The first-order valence-electron chi connectivity index (χ1n) is 5.03. The van der Waals surface area contributed by atoms with Crippen LogP contribution < -0.4 is 0 Å². The second-order valence-electron chi connectivity index (χ2n) is 4.51. The molecule has 0 radical (unpaired) electrons. The number of likely N-dealkylation sites (tertiary alicyclic amines) is 1. The summed E-state index contributed by atoms with van der Waals surface area (Å²) < 4.78 is 41.4. The number of halogens is 3. The van der Waals surface area contributed by atoms with Crippen molar-refractivity contribution in [2.75, 3.05) is 33.2 Å². The molecule has 2 aliphatic rings. The SMILES string of the molecule is CN1CC2(CCN(CC(F)(F)F)C(=O)O2)C1. The maximum atomic E-state index is 12.1. The van der Waals surface area contributed by atoms with Crippen LogP contribution in [0.2, 0.25) is 0 Å². The van der Waals surface area contributed by atoms with Crippen molar-refractivity contribution in [2.24, 2.45) is 0 Å². The largest absolute Gasteiger partial charge is 0.440 e. The van der Waals surface area contributed by atoms with Gasteiger partial charge in [-0.25, -0.2) is 4.79 Å². The summed E-state index contributed by atoms with van der Waals surface area (Å²) in [5.41, 5.74) is -0.534. The molecular weight excluding hydrogens is 225 g/mol. The third-order valence-corrected chi connectivity index (χ3v) is 2.89. The Kier molecular flexibility index (Phi) is 2.52. The average molecular weight is 238 g/mol. The molecule has 1 spiro atoms. The molecule has 16 heavy (non-hydrogen) atoms. The lowest BCUT2D eigenvalue weighted by molar-refractivity contribution is -0.168. The lowest BCUT2D eigenvalue weighted by atomic mass is 9.89. The van der Waals surface area contributed by atoms with Crippen molar-refractivity contribution in [1.82, 2.24) is 9.80 Å². The van der Waals surface area contributed by atoms with Crippen molar-refractivity contribution in [2.45, 2.75) is 18.2 Å². The summed E-state index contributed by atoms with van der Waals surface area (Å²) in [5.74, 6) is 0. The fourth-order valence-corrected chi connectivity index (χ4v) is 2.25. The minimum atomic E-state index is -4.36. The molecule has 0 aromatic rings. The average Bonchev–Trinajstić information content (AvgIpc) is 2.06. The molecule has 2 rings (SSSR count). The van der Waals surface area contributed by atoms with E-state index in [1.165, 1.54) is 0 Å². The lowest BCUT2D eigenvalue weighted by Gasteiger charge is -2.51. The Hall–Kier alpha value is -0.980. The first kappa shape index (κ1) is 11.5. The van der Waals surface area contributed by atoms with E-state index in [9.17, 15) is 18.0 Å². The van der Waals surface area contributed by atoms with Gasteiger partial charge in [0.25, 0.3) is 0 Å². The molecule has 2 fully saturated rings. The molecule has 0 unspecified atom stereocenters. The van der Waals surface area contributed by atoms with Crippen LogP contribution in [0.1, 0.15) is 6.42 Å². The Bertz CT molecular complexity index is 300. The highest BCUT2D eigenvalue weighted by molar-refractivity contribution is 5.69. The third kappa shape index (κ3) is 2.23. The van der Waals surface area contributed by atoms with E-state index < -0.39 is 24.4 Å². The van der Waals surface area contributed by atoms with Crippen LogP contribution in [0.5, 0.6) is 0 Å². The molecule has 4 nitrogen and oxygen atoms in total. The summed E-state index contributed by atoms with van der Waals surface area (Å²) in [6.45, 7) is 0.112. The van der Waals surface area contributed by atoms with Gasteiger partial charge in [0, 0.05) is 26.1 Å². The van der Waals surface area contributed by atoms with Crippen molar-refractivity contribution in [1.29, 1.82) is 0 Å². The van der Waals surface area contributed by atoms with Crippen LogP contribution in [0.4, 0.5) is 18.0 Å². The zero-order valence-corrected chi connectivity index (χ0v) is 8.88. The van der Waals surface area contributed by atoms with E-state index in [4.69, 9.17) is 4.74 Å². The molecule has 0 atom stereocenters. The van der Waals surface area contributed by atoms with Crippen LogP contribution in [-0.4, -0.2) is 60.9 Å². The van der Waals surface area contributed by atoms with Gasteiger partial charge in [-0.3, -0.25) is 9.80 Å². The second-order valence-corrected chi connectivity index (χ2v) is 4.51. The Morgan fingerprint density at radius 2 is 2.06 bits per heavy atom. The summed E-state index contributed by atoms with van der Waals surface area (Å²) in [4.78, 5) is 14.0. The quantitative estimate of drug-likeness (QED) is 0.685. The van der Waals surface area contributed by atoms with Crippen molar-refractivity contribution in [3.05, 3.63) is 0 Å². The molecular formula is C9H13F3N2O2. The van der Waals surface area contributed by atoms with Crippen LogP contribution >= 0.6 is 0 Å². The fourth-order valence-electron chi connectivity index (χ4n) is 2.25. The molecule has 0 N–H and O–H groups in total. The summed E-state index contributed by atoms with van der Waals surface area (Å²) in [5, 5.41) is 0. The highest BCUT2D eigenvalue weighted by Gasteiger charge is 2.49. The van der Waals surface area contributed by atoms with Gasteiger partial charge in [0.2, 0.25) is 0 Å². The van der Waals surface area contributed by atoms with Gasteiger partial charge in [0.1, 0.15) is 12.1 Å². The van der Waals surface area contributed by atoms with Gasteiger partial charge in [0.15, 0.2) is 0 Å². The number of amides is 1. The minimum Gasteiger partial charge on any atom is -0.440 e. The van der Waals surface area contributed by atoms with Crippen LogP contribution in [0.15, 0.2) is 0 Å². The molecule has 1 amide bonds. The molecule has 0 aromatic heterocycles. The fraction of sp³-hybridized carbons (Fsp3) is 0.889. The normalized spacial score (nSPS) is 25.5. The molecule has 2 aliphatic heterocycles. The monoisotopic (exact) mass is 238 g/mol. The van der Waals surface area contributed by atoms with Crippen molar-refractivity contribution in [3.63, 3.8) is 0 Å². The zero-order chi connectivity index (χ0) is 12.0. The lowest BCUT2D eigenvalue weighted by Crippen LogP contribution is -2.66. The molecule has 0 aromatic carbocycles. The number of ether oxygens (including phenoxy) is 1. The van der Waals surface area contributed by atoms with Crippen LogP contribution in [-0.2, 0) is 4.74 Å². The molecule has 7 heteroatoms. The number of likely N-dealkylation sites (N-methyl/N-ethyl adjacent to an activating group) is 1. The van der Waals surface area contributed by atoms with Gasteiger partial charge in [-0.05, 0) is 7.05 Å². The summed E-state index contributed by atoms with van der Waals surface area (Å²) >= 11 is 0. The summed E-state index contributed by atoms with van der Waals surface area (Å²) in [6, 6.07) is 0. The minimum absolute atomic E-state index is 0.117. The zero-order valence-electron chi connectivity index (χ0n) is 8.88. The molecule has 0 aliphatic carbocycles. The van der Waals surface area contributed by atoms with Gasteiger partial charge in [-0.1, -0.05) is 0 Å². The highest BCUT2D eigenvalue weighted by atomic mass is 19.4. The van der Waals surface area contributed by atoms with Gasteiger partial charge < -0.3 is 4.74 Å². The number of carbonyl (C=O) groups excluding carboxylic acids is 1. The maximum Gasteiger partial charge on any atom is 0.410 e. The van der Waals surface area contributed by atoms with Gasteiger partial charge >= 0.3 is 12.3 Å². The van der Waals surface area contributed by atoms with E-state index in [1.807, 2.05) is 11.9 Å². The maximum absolute atomic E-state index is 12.1. The Balaban J connectivity index is 1.91. The first-order chi connectivity index (χ1) is 7.30. The standard InChI is InChI=1S/C9H13F3N2O2/c1-13-4-8(5-13)2-3-14(7(15)16-8)6-9(10,11)12/h2-6H2,1H3. The number of rotatable bonds is 1. The number of nitrogens with zero attached hydrogens (tertiary/aromatic N) is 2. The molecule has 0 saturated carbocycles. The first-order valence-corrected chi connectivity index (χ1v) is 5.03. The predicted molar refractivity (Wildman–Crippen MR) is 49.0 cm³/mol. The Morgan fingerprint density at radius 3 is 2.50 bits per heavy atom. The molecule has 0 bridgehead atoms. The van der Waals surface area contributed by atoms with E-state index in [-0.39, 0.29) is 6.54 Å². The van der Waals surface area contributed by atoms with E-state index in [1.54, 1.807) is 0 Å². The summed E-state index contributed by atoms with van der Waals surface area (Å²) in [7, 11) is 1.88. The predicted octanol–water partition coefficient (Wildman–Crippen LogP) is 1.08. The van der Waals surface area contributed by atoms with Crippen LogP contribution in [0.3, 0.4) is 0 Å². The Morgan fingerprint density at radius 1 is 1.44 bits per heavy atom. The van der Waals surface area contributed by atoms with Crippen LogP contribution in [0.25, 0.3) is 0 Å². The topological polar surface area (TPSA) is 32.8 Å². The number of hydrogen-bond acceptors (Lipinski definition) is 3. The van der Waals surface area contributed by atoms with Crippen molar-refractivity contribution < 1.29 is 22.7 Å². The number of alkyl halides is 3. The second kappa shape index (κ2) is 3.51. The smallest absolute Gasteiger partial charge is 0.410 e. The van der Waals surface area contributed by atoms with E-state index >= 15 is 0 Å². The number of hydrogen-bond donors (Lipinski definition) is 0. The van der Waals surface area contributed by atoms with Gasteiger partial charge in [0.05, 0.1) is 0 Å². The molecule has 2 saturated heterocycles. The van der Waals surface area contributed by atoms with Gasteiger partial charge in [-0.15, -0.1) is 0 Å². The van der Waals surface area contributed by atoms with Crippen LogP contribution in [0, 0.1) is 0 Å². The number of carbonyl (C=O) groups is 1. The van der Waals surface area contributed by atoms with Gasteiger partial charge in [-0.2, -0.15) is 13.2 Å². The molecule has 2 heterocycles. The van der Waals surface area contributed by atoms with Crippen molar-refractivity contribution in [3.8, 4) is 0 Å². The Labute approximate surface area is 90.9 Å². The van der Waals surface area contributed by atoms with E-state index in [0.717, 1.165) is 0 Å². The van der Waals surface area contributed by atoms with E-state index in [2.05, 4.69) is 0 Å². The highest BCUT2D eigenvalue weighted by Crippen LogP contribution is 2.32. The van der Waals surface area contributed by atoms with Crippen molar-refractivity contribution >= 4 is 6.09 Å². The third-order valence-electron chi connectivity index (χ3n) is 2.89.